The largest absolute Gasteiger partial charge is 0.391 e. The maximum atomic E-state index is 11.5. The number of aliphatic hydroxyl groups is 1. The Morgan fingerprint density at radius 2 is 2.31 bits per heavy atom. The van der Waals surface area contributed by atoms with Crippen molar-refractivity contribution in [2.75, 3.05) is 13.1 Å². The molecule has 1 N–H and O–H groups in total. The molecular formula is C10H19NO2. The summed E-state index contributed by atoms with van der Waals surface area (Å²) >= 11 is 0. The number of likely N-dealkylation sites (tertiary alicyclic amines) is 1. The SMILES string of the molecule is CC(C)CCC(=O)N1CCC(O)C1. The van der Waals surface area contributed by atoms with E-state index in [2.05, 4.69) is 13.8 Å². The van der Waals surface area contributed by atoms with E-state index >= 15 is 0 Å². The van der Waals surface area contributed by atoms with Crippen LogP contribution in [0.4, 0.5) is 0 Å². The fraction of sp³-hybridized carbons (Fsp3) is 0.900. The highest BCUT2D eigenvalue weighted by Gasteiger charge is 2.23. The lowest BCUT2D eigenvalue weighted by atomic mass is 10.1. The molecule has 1 aliphatic rings. The summed E-state index contributed by atoms with van der Waals surface area (Å²) in [6, 6.07) is 0. The van der Waals surface area contributed by atoms with Gasteiger partial charge in [0.05, 0.1) is 6.10 Å². The van der Waals surface area contributed by atoms with Crippen LogP contribution >= 0.6 is 0 Å². The Hall–Kier alpha value is -0.570. The summed E-state index contributed by atoms with van der Waals surface area (Å²) in [6.07, 6.45) is 2.03. The average Bonchev–Trinajstić information content (AvgIpc) is 2.47. The minimum absolute atomic E-state index is 0.199. The number of aliphatic hydroxyl groups excluding tert-OH is 1. The van der Waals surface area contributed by atoms with Gasteiger partial charge in [-0.2, -0.15) is 0 Å². The van der Waals surface area contributed by atoms with E-state index in [1.54, 1.807) is 4.90 Å². The Bertz CT molecular complexity index is 180. The first kappa shape index (κ1) is 10.5. The summed E-state index contributed by atoms with van der Waals surface area (Å²) in [4.78, 5) is 13.3. The maximum absolute atomic E-state index is 11.5. The molecule has 3 heteroatoms. The molecule has 0 aromatic carbocycles. The lowest BCUT2D eigenvalue weighted by molar-refractivity contribution is -0.130. The van der Waals surface area contributed by atoms with Crippen molar-refractivity contribution in [3.8, 4) is 0 Å². The van der Waals surface area contributed by atoms with Crippen LogP contribution in [0.1, 0.15) is 33.1 Å². The molecule has 0 spiro atoms. The van der Waals surface area contributed by atoms with E-state index in [0.29, 0.717) is 18.9 Å². The van der Waals surface area contributed by atoms with E-state index < -0.39 is 0 Å². The molecule has 1 fully saturated rings. The second-order valence-corrected chi connectivity index (χ2v) is 4.21. The molecule has 13 heavy (non-hydrogen) atoms. The van der Waals surface area contributed by atoms with Crippen molar-refractivity contribution in [2.24, 2.45) is 5.92 Å². The number of hydrogen-bond acceptors (Lipinski definition) is 2. The normalized spacial score (nSPS) is 22.8. The van der Waals surface area contributed by atoms with Crippen molar-refractivity contribution in [1.29, 1.82) is 0 Å². The summed E-state index contributed by atoms with van der Waals surface area (Å²) in [7, 11) is 0. The molecule has 0 radical (unpaired) electrons. The van der Waals surface area contributed by atoms with Crippen molar-refractivity contribution in [2.45, 2.75) is 39.2 Å². The molecule has 3 nitrogen and oxygen atoms in total. The summed E-state index contributed by atoms with van der Waals surface area (Å²) in [5, 5.41) is 9.23. The van der Waals surface area contributed by atoms with Gasteiger partial charge in [-0.1, -0.05) is 13.8 Å². The number of carbonyl (C=O) groups is 1. The number of rotatable bonds is 3. The zero-order valence-corrected chi connectivity index (χ0v) is 8.49. The van der Waals surface area contributed by atoms with Gasteiger partial charge in [0.15, 0.2) is 0 Å². The highest BCUT2D eigenvalue weighted by atomic mass is 16.3. The third kappa shape index (κ3) is 3.35. The zero-order valence-electron chi connectivity index (χ0n) is 8.49. The quantitative estimate of drug-likeness (QED) is 0.713. The van der Waals surface area contributed by atoms with Crippen molar-refractivity contribution in [1.82, 2.24) is 4.90 Å². The van der Waals surface area contributed by atoms with Crippen LogP contribution < -0.4 is 0 Å². The molecule has 0 aromatic rings. The molecule has 76 valence electrons. The van der Waals surface area contributed by atoms with E-state index in [9.17, 15) is 9.90 Å². The van der Waals surface area contributed by atoms with Crippen LogP contribution in [0.2, 0.25) is 0 Å². The first-order valence-electron chi connectivity index (χ1n) is 5.05. The molecule has 1 saturated heterocycles. The van der Waals surface area contributed by atoms with Gasteiger partial charge in [0.25, 0.3) is 0 Å². The van der Waals surface area contributed by atoms with Gasteiger partial charge in [-0.15, -0.1) is 0 Å². The van der Waals surface area contributed by atoms with Gasteiger partial charge in [0, 0.05) is 19.5 Å². The molecule has 0 bridgehead atoms. The van der Waals surface area contributed by atoms with Crippen molar-refractivity contribution in [3.05, 3.63) is 0 Å². The molecule has 1 heterocycles. The van der Waals surface area contributed by atoms with E-state index in [0.717, 1.165) is 19.4 Å². The van der Waals surface area contributed by atoms with Crippen LogP contribution in [0.25, 0.3) is 0 Å². The van der Waals surface area contributed by atoms with Gasteiger partial charge in [0.2, 0.25) is 5.91 Å². The summed E-state index contributed by atoms with van der Waals surface area (Å²) in [5.41, 5.74) is 0. The Morgan fingerprint density at radius 3 is 2.77 bits per heavy atom. The number of amides is 1. The number of β-amino-alcohol motifs (C(OH)–C–C–N with tert-alkyl or cyclic N) is 1. The van der Waals surface area contributed by atoms with Crippen molar-refractivity contribution < 1.29 is 9.90 Å². The Balaban J connectivity index is 2.24. The van der Waals surface area contributed by atoms with Gasteiger partial charge in [-0.05, 0) is 18.8 Å². The first-order valence-corrected chi connectivity index (χ1v) is 5.05. The number of hydrogen-bond donors (Lipinski definition) is 1. The lowest BCUT2D eigenvalue weighted by Crippen LogP contribution is -2.29. The third-order valence-corrected chi connectivity index (χ3v) is 2.45. The van der Waals surface area contributed by atoms with Gasteiger partial charge in [-0.25, -0.2) is 0 Å². The molecule has 1 unspecified atom stereocenters. The van der Waals surface area contributed by atoms with Crippen molar-refractivity contribution >= 4 is 5.91 Å². The third-order valence-electron chi connectivity index (χ3n) is 2.45. The Labute approximate surface area is 79.7 Å². The summed E-state index contributed by atoms with van der Waals surface area (Å²) in [6.45, 7) is 5.51. The average molecular weight is 185 g/mol. The standard InChI is InChI=1S/C10H19NO2/c1-8(2)3-4-10(13)11-6-5-9(12)7-11/h8-9,12H,3-7H2,1-2H3. The molecule has 1 atom stereocenters. The molecule has 1 rings (SSSR count). The van der Waals surface area contributed by atoms with Crippen LogP contribution in [-0.4, -0.2) is 35.1 Å². The summed E-state index contributed by atoms with van der Waals surface area (Å²) < 4.78 is 0. The second-order valence-electron chi connectivity index (χ2n) is 4.21. The van der Waals surface area contributed by atoms with Gasteiger partial charge in [0.1, 0.15) is 0 Å². The van der Waals surface area contributed by atoms with Crippen LogP contribution in [0.5, 0.6) is 0 Å². The molecule has 0 saturated carbocycles. The zero-order chi connectivity index (χ0) is 9.84. The van der Waals surface area contributed by atoms with E-state index in [-0.39, 0.29) is 12.0 Å². The fourth-order valence-corrected chi connectivity index (χ4v) is 1.54. The van der Waals surface area contributed by atoms with Gasteiger partial charge < -0.3 is 10.0 Å². The number of nitrogens with zero attached hydrogens (tertiary/aromatic N) is 1. The molecular weight excluding hydrogens is 166 g/mol. The van der Waals surface area contributed by atoms with Crippen LogP contribution in [0.3, 0.4) is 0 Å². The minimum atomic E-state index is -0.289. The smallest absolute Gasteiger partial charge is 0.222 e. The van der Waals surface area contributed by atoms with E-state index in [1.807, 2.05) is 0 Å². The highest BCUT2D eigenvalue weighted by molar-refractivity contribution is 5.76. The molecule has 0 aromatic heterocycles. The minimum Gasteiger partial charge on any atom is -0.391 e. The second kappa shape index (κ2) is 4.61. The van der Waals surface area contributed by atoms with Crippen LogP contribution in [-0.2, 0) is 4.79 Å². The first-order chi connectivity index (χ1) is 6.09. The predicted octanol–water partition coefficient (Wildman–Crippen LogP) is 1.02. The molecule has 1 aliphatic heterocycles. The van der Waals surface area contributed by atoms with Crippen molar-refractivity contribution in [3.63, 3.8) is 0 Å². The maximum Gasteiger partial charge on any atom is 0.222 e. The predicted molar refractivity (Wildman–Crippen MR) is 51.3 cm³/mol. The lowest BCUT2D eigenvalue weighted by Gasteiger charge is -2.15. The molecule has 1 amide bonds. The number of carbonyl (C=O) groups excluding carboxylic acids is 1. The Morgan fingerprint density at radius 1 is 1.62 bits per heavy atom. The van der Waals surface area contributed by atoms with E-state index in [1.165, 1.54) is 0 Å². The molecule has 0 aliphatic carbocycles. The van der Waals surface area contributed by atoms with E-state index in [4.69, 9.17) is 0 Å². The van der Waals surface area contributed by atoms with Gasteiger partial charge in [-0.3, -0.25) is 4.79 Å². The van der Waals surface area contributed by atoms with Crippen LogP contribution in [0, 0.1) is 5.92 Å². The monoisotopic (exact) mass is 185 g/mol. The highest BCUT2D eigenvalue weighted by Crippen LogP contribution is 2.12. The fourth-order valence-electron chi connectivity index (χ4n) is 1.54. The Kier molecular flexibility index (Phi) is 3.72. The van der Waals surface area contributed by atoms with Crippen LogP contribution in [0.15, 0.2) is 0 Å². The summed E-state index contributed by atoms with van der Waals surface area (Å²) in [5.74, 6) is 0.779. The topological polar surface area (TPSA) is 40.5 Å². The van der Waals surface area contributed by atoms with Gasteiger partial charge >= 0.3 is 0 Å².